The van der Waals surface area contributed by atoms with Crippen molar-refractivity contribution < 1.29 is 4.57 Å². The second-order valence-corrected chi connectivity index (χ2v) is 6.37. The summed E-state index contributed by atoms with van der Waals surface area (Å²) in [6.07, 6.45) is 8.07. The van der Waals surface area contributed by atoms with E-state index in [-0.39, 0.29) is 0 Å². The summed E-state index contributed by atoms with van der Waals surface area (Å²) in [5.74, 6) is 0. The molecule has 0 aliphatic heterocycles. The number of aryl methyl sites for hydroxylation is 1. The van der Waals surface area contributed by atoms with Crippen LogP contribution in [0.15, 0.2) is 60.9 Å². The van der Waals surface area contributed by atoms with E-state index in [0.29, 0.717) is 6.54 Å². The van der Waals surface area contributed by atoms with Crippen LogP contribution in [0.1, 0.15) is 16.7 Å². The highest BCUT2D eigenvalue weighted by molar-refractivity contribution is 6.30. The Balaban J connectivity index is 1.96. The SMILES string of the molecule is Cc1ccnc(-c2cc(/C=C/c3ccc(Cl)cc3)cc[n+]2CCN)c1. The molecular formula is C21H21ClN3+. The molecule has 0 spiro atoms. The van der Waals surface area contributed by atoms with E-state index in [4.69, 9.17) is 17.3 Å². The largest absolute Gasteiger partial charge is 0.325 e. The Kier molecular flexibility index (Phi) is 5.59. The van der Waals surface area contributed by atoms with Gasteiger partial charge in [0.25, 0.3) is 0 Å². The molecule has 0 amide bonds. The van der Waals surface area contributed by atoms with Crippen molar-refractivity contribution in [2.24, 2.45) is 5.73 Å². The maximum absolute atomic E-state index is 5.93. The third kappa shape index (κ3) is 4.53. The zero-order valence-electron chi connectivity index (χ0n) is 14.2. The molecule has 2 aromatic heterocycles. The molecule has 0 atom stereocenters. The van der Waals surface area contributed by atoms with Crippen molar-refractivity contribution in [3.05, 3.63) is 82.6 Å². The lowest BCUT2D eigenvalue weighted by Gasteiger charge is -2.05. The molecule has 4 heteroatoms. The lowest BCUT2D eigenvalue weighted by atomic mass is 10.1. The van der Waals surface area contributed by atoms with Gasteiger partial charge in [0.1, 0.15) is 5.69 Å². The Hall–Kier alpha value is -2.49. The zero-order valence-corrected chi connectivity index (χ0v) is 14.9. The number of hydrogen-bond donors (Lipinski definition) is 1. The van der Waals surface area contributed by atoms with Crippen LogP contribution in [0.5, 0.6) is 0 Å². The molecule has 0 aliphatic rings. The average molecular weight is 351 g/mol. The van der Waals surface area contributed by atoms with Crippen molar-refractivity contribution in [3.63, 3.8) is 0 Å². The summed E-state index contributed by atoms with van der Waals surface area (Å²) < 4.78 is 2.14. The smallest absolute Gasteiger partial charge is 0.231 e. The van der Waals surface area contributed by atoms with Crippen molar-refractivity contribution >= 4 is 23.8 Å². The van der Waals surface area contributed by atoms with Gasteiger partial charge in [-0.2, -0.15) is 4.57 Å². The number of halogens is 1. The molecular weight excluding hydrogens is 330 g/mol. The van der Waals surface area contributed by atoms with Gasteiger partial charge in [-0.05, 0) is 47.9 Å². The first-order valence-corrected chi connectivity index (χ1v) is 8.64. The van der Waals surface area contributed by atoms with Crippen molar-refractivity contribution in [3.8, 4) is 11.4 Å². The second-order valence-electron chi connectivity index (χ2n) is 5.93. The van der Waals surface area contributed by atoms with E-state index in [0.717, 1.165) is 34.1 Å². The highest BCUT2D eigenvalue weighted by atomic mass is 35.5. The average Bonchev–Trinajstić information content (AvgIpc) is 2.62. The number of pyridine rings is 2. The van der Waals surface area contributed by atoms with Gasteiger partial charge in [-0.25, -0.2) is 4.98 Å². The van der Waals surface area contributed by atoms with Gasteiger partial charge in [0.15, 0.2) is 12.7 Å². The van der Waals surface area contributed by atoms with Gasteiger partial charge in [0.05, 0.1) is 6.54 Å². The minimum absolute atomic E-state index is 0.587. The van der Waals surface area contributed by atoms with Gasteiger partial charge in [-0.3, -0.25) is 0 Å². The predicted octanol–water partition coefficient (Wildman–Crippen LogP) is 4.13. The van der Waals surface area contributed by atoms with Crippen LogP contribution in [0.4, 0.5) is 0 Å². The zero-order chi connectivity index (χ0) is 17.6. The number of aromatic nitrogens is 2. The summed E-state index contributed by atoms with van der Waals surface area (Å²) in [6.45, 7) is 3.41. The van der Waals surface area contributed by atoms with E-state index in [2.05, 4.69) is 53.0 Å². The molecule has 0 unspecified atom stereocenters. The third-order valence-corrected chi connectivity index (χ3v) is 4.20. The standard InChI is InChI=1S/C21H21ClN3/c1-16-8-11-24-20(14-16)21-15-18(9-12-25(21)13-10-23)3-2-17-4-6-19(22)7-5-17/h2-9,11-12,14-15H,10,13,23H2,1H3/q+1/b3-2+. The number of benzene rings is 1. The first kappa shape index (κ1) is 17.3. The minimum Gasteiger partial charge on any atom is -0.325 e. The lowest BCUT2D eigenvalue weighted by molar-refractivity contribution is -0.683. The minimum atomic E-state index is 0.587. The predicted molar refractivity (Wildman–Crippen MR) is 104 cm³/mol. The van der Waals surface area contributed by atoms with Crippen molar-refractivity contribution in [2.45, 2.75) is 13.5 Å². The highest BCUT2D eigenvalue weighted by Gasteiger charge is 2.14. The molecule has 0 fully saturated rings. The summed E-state index contributed by atoms with van der Waals surface area (Å²) in [5, 5.41) is 0.743. The monoisotopic (exact) mass is 350 g/mol. The molecule has 3 aromatic rings. The highest BCUT2D eigenvalue weighted by Crippen LogP contribution is 2.17. The summed E-state index contributed by atoms with van der Waals surface area (Å²) >= 11 is 5.93. The summed E-state index contributed by atoms with van der Waals surface area (Å²) in [7, 11) is 0. The van der Waals surface area contributed by atoms with Gasteiger partial charge in [-0.1, -0.05) is 35.9 Å². The fourth-order valence-corrected chi connectivity index (χ4v) is 2.77. The van der Waals surface area contributed by atoms with Gasteiger partial charge in [-0.15, -0.1) is 0 Å². The first-order valence-electron chi connectivity index (χ1n) is 8.26. The van der Waals surface area contributed by atoms with Gasteiger partial charge in [0, 0.05) is 23.4 Å². The van der Waals surface area contributed by atoms with Crippen LogP contribution in [0.2, 0.25) is 5.02 Å². The van der Waals surface area contributed by atoms with E-state index in [1.165, 1.54) is 5.56 Å². The maximum atomic E-state index is 5.93. The number of rotatable bonds is 5. The van der Waals surface area contributed by atoms with Crippen LogP contribution in [-0.4, -0.2) is 11.5 Å². The van der Waals surface area contributed by atoms with Crippen molar-refractivity contribution in [2.75, 3.05) is 6.54 Å². The van der Waals surface area contributed by atoms with Gasteiger partial charge in [0.2, 0.25) is 5.69 Å². The normalized spacial score (nSPS) is 11.2. The first-order chi connectivity index (χ1) is 12.2. The number of nitrogens with two attached hydrogens (primary N) is 1. The summed E-state index contributed by atoms with van der Waals surface area (Å²) in [6, 6.07) is 16.1. The lowest BCUT2D eigenvalue weighted by Crippen LogP contribution is -2.39. The fraction of sp³-hybridized carbons (Fsp3) is 0.143. The third-order valence-electron chi connectivity index (χ3n) is 3.95. The van der Waals surface area contributed by atoms with Crippen molar-refractivity contribution in [1.29, 1.82) is 0 Å². The number of hydrogen-bond acceptors (Lipinski definition) is 2. The quantitative estimate of drug-likeness (QED) is 0.703. The van der Waals surface area contributed by atoms with E-state index in [1.807, 2.05) is 36.5 Å². The Bertz CT molecular complexity index is 886. The molecule has 0 saturated heterocycles. The molecule has 3 nitrogen and oxygen atoms in total. The van der Waals surface area contributed by atoms with Crippen LogP contribution in [0, 0.1) is 6.92 Å². The molecule has 2 heterocycles. The van der Waals surface area contributed by atoms with Gasteiger partial charge >= 0.3 is 0 Å². The maximum Gasteiger partial charge on any atom is 0.231 e. The van der Waals surface area contributed by atoms with Crippen LogP contribution < -0.4 is 10.3 Å². The Morgan fingerprint density at radius 1 is 1.04 bits per heavy atom. The van der Waals surface area contributed by atoms with E-state index >= 15 is 0 Å². The molecule has 0 saturated carbocycles. The summed E-state index contributed by atoms with van der Waals surface area (Å²) in [4.78, 5) is 4.52. The van der Waals surface area contributed by atoms with E-state index in [9.17, 15) is 0 Å². The Labute approximate surface area is 153 Å². The Morgan fingerprint density at radius 2 is 1.80 bits per heavy atom. The molecule has 25 heavy (non-hydrogen) atoms. The molecule has 1 aromatic carbocycles. The molecule has 0 radical (unpaired) electrons. The topological polar surface area (TPSA) is 42.8 Å². The van der Waals surface area contributed by atoms with Crippen LogP contribution in [-0.2, 0) is 6.54 Å². The molecule has 3 rings (SSSR count). The van der Waals surface area contributed by atoms with Gasteiger partial charge < -0.3 is 5.73 Å². The molecule has 0 bridgehead atoms. The van der Waals surface area contributed by atoms with Crippen LogP contribution in [0.25, 0.3) is 23.5 Å². The molecule has 2 N–H and O–H groups in total. The molecule has 126 valence electrons. The molecule has 0 aliphatic carbocycles. The summed E-state index contributed by atoms with van der Waals surface area (Å²) in [5.41, 5.74) is 11.2. The Morgan fingerprint density at radius 3 is 2.52 bits per heavy atom. The van der Waals surface area contributed by atoms with Crippen LogP contribution >= 0.6 is 11.6 Å². The van der Waals surface area contributed by atoms with Crippen LogP contribution in [0.3, 0.4) is 0 Å². The van der Waals surface area contributed by atoms with E-state index in [1.54, 1.807) is 0 Å². The number of nitrogens with zero attached hydrogens (tertiary/aromatic N) is 2. The second kappa shape index (κ2) is 8.06. The van der Waals surface area contributed by atoms with E-state index < -0.39 is 0 Å². The van der Waals surface area contributed by atoms with Crippen molar-refractivity contribution in [1.82, 2.24) is 4.98 Å². The fourth-order valence-electron chi connectivity index (χ4n) is 2.65.